The van der Waals surface area contributed by atoms with Crippen LogP contribution in [0.4, 0.5) is 17.1 Å². The highest BCUT2D eigenvalue weighted by molar-refractivity contribution is 5.65. The maximum Gasteiger partial charge on any atom is 0.0428 e. The summed E-state index contributed by atoms with van der Waals surface area (Å²) in [5.41, 5.74) is 10.2. The quantitative estimate of drug-likeness (QED) is 0.810. The van der Waals surface area contributed by atoms with Gasteiger partial charge < -0.3 is 10.6 Å². The second kappa shape index (κ2) is 4.91. The molecule has 2 rings (SSSR count). The molecule has 0 unspecified atom stereocenters. The molecule has 0 amide bonds. The van der Waals surface area contributed by atoms with Crippen LogP contribution in [0.25, 0.3) is 0 Å². The summed E-state index contributed by atoms with van der Waals surface area (Å²) in [7, 11) is 2.05. The molecule has 2 nitrogen and oxygen atoms in total. The van der Waals surface area contributed by atoms with Crippen LogP contribution >= 0.6 is 0 Å². The summed E-state index contributed by atoms with van der Waals surface area (Å²) in [5.74, 6) is 0. The van der Waals surface area contributed by atoms with E-state index in [4.69, 9.17) is 5.73 Å². The number of aryl methyl sites for hydroxylation is 1. The van der Waals surface area contributed by atoms with Gasteiger partial charge in [0.1, 0.15) is 0 Å². The highest BCUT2D eigenvalue weighted by Gasteiger charge is 2.03. The topological polar surface area (TPSA) is 29.3 Å². The van der Waals surface area contributed by atoms with E-state index < -0.39 is 0 Å². The van der Waals surface area contributed by atoms with E-state index in [-0.39, 0.29) is 0 Å². The molecule has 0 bridgehead atoms. The van der Waals surface area contributed by atoms with Crippen LogP contribution in [0.2, 0.25) is 0 Å². The van der Waals surface area contributed by atoms with Crippen LogP contribution in [0.5, 0.6) is 0 Å². The van der Waals surface area contributed by atoms with Gasteiger partial charge >= 0.3 is 0 Å². The van der Waals surface area contributed by atoms with Crippen LogP contribution in [0, 0.1) is 0 Å². The Morgan fingerprint density at radius 1 is 1.00 bits per heavy atom. The van der Waals surface area contributed by atoms with Crippen molar-refractivity contribution in [1.82, 2.24) is 0 Å². The molecular formula is C15H18N2. The summed E-state index contributed by atoms with van der Waals surface area (Å²) in [4.78, 5) is 2.13. The molecule has 88 valence electrons. The number of benzene rings is 2. The van der Waals surface area contributed by atoms with Gasteiger partial charge in [0.15, 0.2) is 0 Å². The molecule has 0 aliphatic rings. The van der Waals surface area contributed by atoms with Crippen molar-refractivity contribution in [2.75, 3.05) is 17.7 Å². The number of nitrogen functional groups attached to an aromatic ring is 1. The van der Waals surface area contributed by atoms with Gasteiger partial charge in [0.2, 0.25) is 0 Å². The minimum Gasteiger partial charge on any atom is -0.399 e. The molecule has 2 N–H and O–H groups in total. The second-order valence-corrected chi connectivity index (χ2v) is 4.17. The fourth-order valence-electron chi connectivity index (χ4n) is 1.84. The first-order valence-corrected chi connectivity index (χ1v) is 5.89. The molecule has 0 aromatic heterocycles. The molecule has 2 aromatic rings. The third-order valence-electron chi connectivity index (χ3n) is 2.99. The molecule has 0 aliphatic heterocycles. The van der Waals surface area contributed by atoms with E-state index in [9.17, 15) is 0 Å². The summed E-state index contributed by atoms with van der Waals surface area (Å²) in [6.45, 7) is 2.16. The summed E-state index contributed by atoms with van der Waals surface area (Å²) in [5, 5.41) is 0. The predicted molar refractivity (Wildman–Crippen MR) is 74.7 cm³/mol. The molecule has 0 spiro atoms. The van der Waals surface area contributed by atoms with Crippen molar-refractivity contribution in [3.63, 3.8) is 0 Å². The Morgan fingerprint density at radius 2 is 1.71 bits per heavy atom. The molecular weight excluding hydrogens is 208 g/mol. The molecule has 0 fully saturated rings. The minimum atomic E-state index is 0.791. The second-order valence-electron chi connectivity index (χ2n) is 4.17. The molecule has 0 saturated carbocycles. The average Bonchev–Trinajstić information content (AvgIpc) is 2.38. The van der Waals surface area contributed by atoms with Gasteiger partial charge in [-0.2, -0.15) is 0 Å². The first-order chi connectivity index (χ1) is 8.20. The van der Waals surface area contributed by atoms with E-state index in [1.807, 2.05) is 18.2 Å². The van der Waals surface area contributed by atoms with Gasteiger partial charge in [-0.3, -0.25) is 0 Å². The van der Waals surface area contributed by atoms with Crippen molar-refractivity contribution >= 4 is 17.1 Å². The average molecular weight is 226 g/mol. The number of rotatable bonds is 3. The molecule has 0 atom stereocenters. The molecule has 17 heavy (non-hydrogen) atoms. The molecule has 0 heterocycles. The number of anilines is 3. The van der Waals surface area contributed by atoms with Crippen LogP contribution in [-0.4, -0.2) is 7.05 Å². The van der Waals surface area contributed by atoms with Crippen molar-refractivity contribution in [1.29, 1.82) is 0 Å². The number of hydrogen-bond acceptors (Lipinski definition) is 2. The molecule has 0 aliphatic carbocycles. The lowest BCUT2D eigenvalue weighted by atomic mass is 10.1. The van der Waals surface area contributed by atoms with Crippen molar-refractivity contribution in [2.24, 2.45) is 0 Å². The minimum absolute atomic E-state index is 0.791. The largest absolute Gasteiger partial charge is 0.399 e. The fourth-order valence-corrected chi connectivity index (χ4v) is 1.84. The summed E-state index contributed by atoms with van der Waals surface area (Å²) >= 11 is 0. The predicted octanol–water partition coefficient (Wildman–Crippen LogP) is 3.60. The monoisotopic (exact) mass is 226 g/mol. The lowest BCUT2D eigenvalue weighted by Crippen LogP contribution is -2.09. The molecule has 2 heteroatoms. The van der Waals surface area contributed by atoms with Crippen molar-refractivity contribution < 1.29 is 0 Å². The zero-order valence-electron chi connectivity index (χ0n) is 10.4. The first-order valence-electron chi connectivity index (χ1n) is 5.89. The van der Waals surface area contributed by atoms with E-state index in [2.05, 4.69) is 49.2 Å². The molecule has 0 saturated heterocycles. The van der Waals surface area contributed by atoms with Crippen LogP contribution in [0.15, 0.2) is 48.5 Å². The van der Waals surface area contributed by atoms with E-state index in [0.717, 1.165) is 17.8 Å². The van der Waals surface area contributed by atoms with Crippen molar-refractivity contribution in [3.8, 4) is 0 Å². The molecule has 0 radical (unpaired) electrons. The number of nitrogens with zero attached hydrogens (tertiary/aromatic N) is 1. The zero-order valence-corrected chi connectivity index (χ0v) is 10.4. The first kappa shape index (κ1) is 11.5. The normalized spacial score (nSPS) is 10.2. The fraction of sp³-hybridized carbons (Fsp3) is 0.200. The smallest absolute Gasteiger partial charge is 0.0428 e. The van der Waals surface area contributed by atoms with E-state index in [0.29, 0.717) is 0 Å². The lowest BCUT2D eigenvalue weighted by Gasteiger charge is -2.20. The summed E-state index contributed by atoms with van der Waals surface area (Å²) in [6, 6.07) is 16.5. The SMILES string of the molecule is CCc1ccc(N(C)c2cccc(N)c2)cc1. The highest BCUT2D eigenvalue weighted by Crippen LogP contribution is 2.25. The van der Waals surface area contributed by atoms with Gasteiger partial charge in [-0.15, -0.1) is 0 Å². The van der Waals surface area contributed by atoms with Gasteiger partial charge in [-0.25, -0.2) is 0 Å². The van der Waals surface area contributed by atoms with Gasteiger partial charge in [-0.05, 0) is 42.3 Å². The van der Waals surface area contributed by atoms with E-state index in [1.165, 1.54) is 11.3 Å². The van der Waals surface area contributed by atoms with Crippen molar-refractivity contribution in [2.45, 2.75) is 13.3 Å². The maximum atomic E-state index is 5.79. The van der Waals surface area contributed by atoms with Crippen LogP contribution in [0.1, 0.15) is 12.5 Å². The van der Waals surface area contributed by atoms with Gasteiger partial charge in [0.25, 0.3) is 0 Å². The Balaban J connectivity index is 2.27. The van der Waals surface area contributed by atoms with E-state index >= 15 is 0 Å². The Labute approximate surface area is 103 Å². The van der Waals surface area contributed by atoms with Crippen LogP contribution in [-0.2, 0) is 6.42 Å². The molecule has 2 aromatic carbocycles. The van der Waals surface area contributed by atoms with Gasteiger partial charge in [0, 0.05) is 24.1 Å². The number of hydrogen-bond donors (Lipinski definition) is 1. The Kier molecular flexibility index (Phi) is 3.33. The Hall–Kier alpha value is -1.96. The summed E-state index contributed by atoms with van der Waals surface area (Å²) in [6.07, 6.45) is 1.07. The lowest BCUT2D eigenvalue weighted by molar-refractivity contribution is 1.13. The van der Waals surface area contributed by atoms with Crippen LogP contribution in [0.3, 0.4) is 0 Å². The highest BCUT2D eigenvalue weighted by atomic mass is 15.1. The standard InChI is InChI=1S/C15H18N2/c1-3-12-7-9-14(10-8-12)17(2)15-6-4-5-13(16)11-15/h4-11H,3,16H2,1-2H3. The third-order valence-corrected chi connectivity index (χ3v) is 2.99. The zero-order chi connectivity index (χ0) is 12.3. The van der Waals surface area contributed by atoms with Gasteiger partial charge in [0.05, 0.1) is 0 Å². The third kappa shape index (κ3) is 2.59. The number of nitrogens with two attached hydrogens (primary N) is 1. The maximum absolute atomic E-state index is 5.79. The van der Waals surface area contributed by atoms with Crippen LogP contribution < -0.4 is 10.6 Å². The summed E-state index contributed by atoms with van der Waals surface area (Å²) < 4.78 is 0. The van der Waals surface area contributed by atoms with Crippen molar-refractivity contribution in [3.05, 3.63) is 54.1 Å². The van der Waals surface area contributed by atoms with Gasteiger partial charge in [-0.1, -0.05) is 25.1 Å². The Bertz CT molecular complexity index is 489. The van der Waals surface area contributed by atoms with E-state index in [1.54, 1.807) is 0 Å². The Morgan fingerprint density at radius 3 is 2.29 bits per heavy atom.